The van der Waals surface area contributed by atoms with Crippen LogP contribution in [0.4, 0.5) is 5.82 Å². The molecule has 3 aromatic rings. The maximum atomic E-state index is 4.38. The average molecular weight is 265 g/mol. The summed E-state index contributed by atoms with van der Waals surface area (Å²) in [5, 5.41) is 11.9. The monoisotopic (exact) mass is 265 g/mol. The molecule has 1 aromatic carbocycles. The fourth-order valence-corrected chi connectivity index (χ4v) is 2.37. The highest BCUT2D eigenvalue weighted by atomic mass is 15.3. The Morgan fingerprint density at radius 1 is 1.15 bits per heavy atom. The fraction of sp³-hybridized carbons (Fsp3) is 0.267. The van der Waals surface area contributed by atoms with Crippen molar-refractivity contribution in [1.82, 2.24) is 19.6 Å². The summed E-state index contributed by atoms with van der Waals surface area (Å²) in [7, 11) is 0. The van der Waals surface area contributed by atoms with E-state index in [1.54, 1.807) is 6.20 Å². The molecule has 1 fully saturated rings. The third-order valence-corrected chi connectivity index (χ3v) is 3.60. The number of anilines is 1. The molecule has 20 heavy (non-hydrogen) atoms. The van der Waals surface area contributed by atoms with Crippen LogP contribution in [0.5, 0.6) is 0 Å². The molecule has 2 aromatic heterocycles. The minimum absolute atomic E-state index is 0.578. The van der Waals surface area contributed by atoms with Crippen LogP contribution in [0.1, 0.15) is 30.1 Å². The van der Waals surface area contributed by atoms with E-state index >= 15 is 0 Å². The molecule has 0 bridgehead atoms. The van der Waals surface area contributed by atoms with Gasteiger partial charge in [0, 0.05) is 24.9 Å². The Labute approximate surface area is 116 Å². The number of nitrogens with zero attached hydrogens (tertiary/aromatic N) is 4. The van der Waals surface area contributed by atoms with Gasteiger partial charge in [0.05, 0.1) is 0 Å². The first kappa shape index (κ1) is 11.4. The zero-order valence-corrected chi connectivity index (χ0v) is 11.0. The first-order valence-electron chi connectivity index (χ1n) is 6.89. The van der Waals surface area contributed by atoms with E-state index in [0.717, 1.165) is 23.8 Å². The van der Waals surface area contributed by atoms with Crippen molar-refractivity contribution < 1.29 is 0 Å². The predicted molar refractivity (Wildman–Crippen MR) is 76.5 cm³/mol. The molecule has 0 atom stereocenters. The zero-order chi connectivity index (χ0) is 13.4. The number of rotatable bonds is 4. The Balaban J connectivity index is 1.63. The third-order valence-electron chi connectivity index (χ3n) is 3.60. The molecule has 1 aliphatic carbocycles. The lowest BCUT2D eigenvalue weighted by Crippen LogP contribution is -2.04. The van der Waals surface area contributed by atoms with Gasteiger partial charge in [-0.05, 0) is 18.4 Å². The first-order chi connectivity index (χ1) is 9.92. The summed E-state index contributed by atoms with van der Waals surface area (Å²) >= 11 is 0. The van der Waals surface area contributed by atoms with Gasteiger partial charge in [-0.25, -0.2) is 4.98 Å². The quantitative estimate of drug-likeness (QED) is 0.788. The zero-order valence-electron chi connectivity index (χ0n) is 11.0. The fourth-order valence-electron chi connectivity index (χ4n) is 2.37. The maximum Gasteiger partial charge on any atom is 0.203 e. The number of fused-ring (bicyclic) bond motifs is 1. The lowest BCUT2D eigenvalue weighted by atomic mass is 10.2. The summed E-state index contributed by atoms with van der Waals surface area (Å²) in [6.45, 7) is 0.735. The summed E-state index contributed by atoms with van der Waals surface area (Å²) in [5.74, 6) is 2.43. The summed E-state index contributed by atoms with van der Waals surface area (Å²) in [5.41, 5.74) is 2.03. The molecule has 0 unspecified atom stereocenters. The van der Waals surface area contributed by atoms with Crippen LogP contribution in [0.25, 0.3) is 5.65 Å². The van der Waals surface area contributed by atoms with Crippen molar-refractivity contribution in [2.75, 3.05) is 5.32 Å². The molecule has 5 heteroatoms. The Bertz CT molecular complexity index is 730. The molecule has 0 saturated heterocycles. The smallest absolute Gasteiger partial charge is 0.203 e. The highest BCUT2D eigenvalue weighted by Crippen LogP contribution is 2.39. The van der Waals surface area contributed by atoms with Crippen molar-refractivity contribution in [1.29, 1.82) is 0 Å². The topological polar surface area (TPSA) is 55.1 Å². The maximum absolute atomic E-state index is 4.38. The minimum atomic E-state index is 0.578. The van der Waals surface area contributed by atoms with Crippen molar-refractivity contribution in [3.63, 3.8) is 0 Å². The standard InChI is InChI=1S/C15H15N5/c1-2-4-11(5-3-1)10-17-13-15-19-18-14(12-6-7-12)20(15)9-8-16-13/h1-5,8-9,12H,6-7,10H2,(H,16,17). The number of hydrogen-bond donors (Lipinski definition) is 1. The van der Waals surface area contributed by atoms with Crippen molar-refractivity contribution in [3.8, 4) is 0 Å². The molecule has 1 aliphatic rings. The molecule has 2 heterocycles. The molecule has 100 valence electrons. The SMILES string of the molecule is c1ccc(CNc2nccn3c(C4CC4)nnc23)cc1. The molecule has 4 rings (SSSR count). The number of nitrogens with one attached hydrogen (secondary N) is 1. The highest BCUT2D eigenvalue weighted by molar-refractivity contribution is 5.62. The van der Waals surface area contributed by atoms with Gasteiger partial charge in [-0.1, -0.05) is 30.3 Å². The average Bonchev–Trinajstić information content (AvgIpc) is 3.25. The van der Waals surface area contributed by atoms with Crippen LogP contribution in [0.15, 0.2) is 42.7 Å². The molecule has 1 N–H and O–H groups in total. The molecular weight excluding hydrogens is 250 g/mol. The Morgan fingerprint density at radius 3 is 2.80 bits per heavy atom. The molecule has 5 nitrogen and oxygen atoms in total. The van der Waals surface area contributed by atoms with E-state index in [-0.39, 0.29) is 0 Å². The van der Waals surface area contributed by atoms with Crippen molar-refractivity contribution in [2.24, 2.45) is 0 Å². The van der Waals surface area contributed by atoms with Crippen LogP contribution in [0.3, 0.4) is 0 Å². The number of hydrogen-bond acceptors (Lipinski definition) is 4. The van der Waals surface area contributed by atoms with Gasteiger partial charge in [0.15, 0.2) is 5.82 Å². The second-order valence-corrected chi connectivity index (χ2v) is 5.14. The van der Waals surface area contributed by atoms with Crippen molar-refractivity contribution in [3.05, 3.63) is 54.1 Å². The lowest BCUT2D eigenvalue weighted by molar-refractivity contribution is 0.894. The van der Waals surface area contributed by atoms with Crippen LogP contribution in [0, 0.1) is 0 Å². The van der Waals surface area contributed by atoms with Crippen LogP contribution < -0.4 is 5.32 Å². The van der Waals surface area contributed by atoms with Gasteiger partial charge < -0.3 is 5.32 Å². The Hall–Kier alpha value is -2.43. The van der Waals surface area contributed by atoms with E-state index in [4.69, 9.17) is 0 Å². The second-order valence-electron chi connectivity index (χ2n) is 5.14. The minimum Gasteiger partial charge on any atom is -0.363 e. The van der Waals surface area contributed by atoms with Crippen molar-refractivity contribution in [2.45, 2.75) is 25.3 Å². The van der Waals surface area contributed by atoms with Crippen LogP contribution in [0.2, 0.25) is 0 Å². The second kappa shape index (κ2) is 4.59. The molecule has 0 aliphatic heterocycles. The Kier molecular flexibility index (Phi) is 2.62. The molecule has 1 saturated carbocycles. The molecular formula is C15H15N5. The summed E-state index contributed by atoms with van der Waals surface area (Å²) in [6.07, 6.45) is 6.18. The van der Waals surface area contributed by atoms with Gasteiger partial charge in [0.2, 0.25) is 5.65 Å². The molecule has 0 spiro atoms. The van der Waals surface area contributed by atoms with E-state index < -0.39 is 0 Å². The number of benzene rings is 1. The first-order valence-corrected chi connectivity index (χ1v) is 6.89. The normalized spacial score (nSPS) is 14.6. The number of aromatic nitrogens is 4. The molecule has 0 radical (unpaired) electrons. The van der Waals surface area contributed by atoms with Crippen molar-refractivity contribution >= 4 is 11.5 Å². The molecule has 0 amide bonds. The predicted octanol–water partition coefficient (Wildman–Crippen LogP) is 2.61. The Morgan fingerprint density at radius 2 is 2.00 bits per heavy atom. The largest absolute Gasteiger partial charge is 0.363 e. The van der Waals surface area contributed by atoms with Gasteiger partial charge in [-0.3, -0.25) is 4.40 Å². The summed E-state index contributed by atoms with van der Waals surface area (Å²) in [4.78, 5) is 4.38. The van der Waals surface area contributed by atoms with Gasteiger partial charge >= 0.3 is 0 Å². The van der Waals surface area contributed by atoms with Gasteiger partial charge in [-0.2, -0.15) is 0 Å². The summed E-state index contributed by atoms with van der Waals surface area (Å²) in [6, 6.07) is 10.3. The lowest BCUT2D eigenvalue weighted by Gasteiger charge is -2.06. The van der Waals surface area contributed by atoms with E-state index in [0.29, 0.717) is 5.92 Å². The van der Waals surface area contributed by atoms with E-state index in [1.165, 1.54) is 18.4 Å². The van der Waals surface area contributed by atoms with E-state index in [2.05, 4.69) is 37.0 Å². The van der Waals surface area contributed by atoms with Crippen LogP contribution >= 0.6 is 0 Å². The van der Waals surface area contributed by atoms with Gasteiger partial charge in [-0.15, -0.1) is 10.2 Å². The van der Waals surface area contributed by atoms with E-state index in [9.17, 15) is 0 Å². The summed E-state index contributed by atoms with van der Waals surface area (Å²) < 4.78 is 2.05. The van der Waals surface area contributed by atoms with Crippen LogP contribution in [-0.2, 0) is 6.54 Å². The van der Waals surface area contributed by atoms with Crippen LogP contribution in [-0.4, -0.2) is 19.6 Å². The highest BCUT2D eigenvalue weighted by Gasteiger charge is 2.29. The third kappa shape index (κ3) is 2.01. The van der Waals surface area contributed by atoms with Gasteiger partial charge in [0.25, 0.3) is 0 Å². The van der Waals surface area contributed by atoms with Gasteiger partial charge in [0.1, 0.15) is 5.82 Å². The van der Waals surface area contributed by atoms with E-state index in [1.807, 2.05) is 24.4 Å².